The van der Waals surface area contributed by atoms with Crippen molar-refractivity contribution >= 4 is 35.8 Å². The minimum atomic E-state index is -0.738. The van der Waals surface area contributed by atoms with E-state index >= 15 is 0 Å². The molecule has 3 N–H and O–H groups in total. The number of nitrogens with one attached hydrogen (secondary N) is 1. The van der Waals surface area contributed by atoms with Gasteiger partial charge < -0.3 is 15.5 Å². The van der Waals surface area contributed by atoms with Crippen LogP contribution >= 0.6 is 24.8 Å². The van der Waals surface area contributed by atoms with Crippen LogP contribution in [0.3, 0.4) is 0 Å². The summed E-state index contributed by atoms with van der Waals surface area (Å²) >= 11 is 0. The van der Waals surface area contributed by atoms with Gasteiger partial charge in [-0.15, -0.1) is 24.8 Å². The van der Waals surface area contributed by atoms with E-state index in [0.717, 1.165) is 30.6 Å². The summed E-state index contributed by atoms with van der Waals surface area (Å²) in [6.07, 6.45) is 2.34. The Bertz CT molecular complexity index is 799. The number of halogens is 2. The summed E-state index contributed by atoms with van der Waals surface area (Å²) in [4.78, 5) is 21.2. The molecule has 0 amide bonds. The largest absolute Gasteiger partial charge is 0.392 e. The van der Waals surface area contributed by atoms with Crippen LogP contribution in [0, 0.1) is 13.8 Å². The Morgan fingerprint density at radius 1 is 1.35 bits per heavy atom. The average molecular weight is 405 g/mol. The van der Waals surface area contributed by atoms with Crippen molar-refractivity contribution in [2.24, 2.45) is 0 Å². The molecule has 1 aliphatic rings. The lowest BCUT2D eigenvalue weighted by Crippen LogP contribution is -2.47. The summed E-state index contributed by atoms with van der Waals surface area (Å²) in [6, 6.07) is 1.75. The van der Waals surface area contributed by atoms with Crippen LogP contribution in [0.15, 0.2) is 17.2 Å². The van der Waals surface area contributed by atoms with E-state index in [0.29, 0.717) is 17.5 Å². The third-order valence-corrected chi connectivity index (χ3v) is 4.58. The van der Waals surface area contributed by atoms with Gasteiger partial charge in [-0.25, -0.2) is 9.97 Å². The van der Waals surface area contributed by atoms with Crippen molar-refractivity contribution < 1.29 is 10.2 Å². The van der Waals surface area contributed by atoms with Crippen molar-refractivity contribution in [2.75, 3.05) is 6.54 Å². The first-order valence-corrected chi connectivity index (χ1v) is 8.38. The minimum Gasteiger partial charge on any atom is -0.392 e. The van der Waals surface area contributed by atoms with E-state index in [2.05, 4.69) is 15.3 Å². The lowest BCUT2D eigenvalue weighted by Gasteiger charge is -2.30. The number of hydrogen-bond acceptors (Lipinski definition) is 6. The molecule has 3 heterocycles. The highest BCUT2D eigenvalue weighted by atomic mass is 35.5. The second-order valence-electron chi connectivity index (χ2n) is 6.64. The molecule has 2 aromatic rings. The Morgan fingerprint density at radius 2 is 2.08 bits per heavy atom. The highest BCUT2D eigenvalue weighted by molar-refractivity contribution is 5.85. The predicted molar refractivity (Wildman–Crippen MR) is 105 cm³/mol. The lowest BCUT2D eigenvalue weighted by molar-refractivity contribution is 0.0539. The molecule has 7 nitrogen and oxygen atoms in total. The molecule has 0 radical (unpaired) electrons. The number of rotatable bonds is 4. The fraction of sp³-hybridized carbons (Fsp3) is 0.588. The summed E-state index contributed by atoms with van der Waals surface area (Å²) in [7, 11) is 0. The zero-order valence-corrected chi connectivity index (χ0v) is 16.5. The third kappa shape index (κ3) is 4.92. The fourth-order valence-electron chi connectivity index (χ4n) is 3.36. The maximum absolute atomic E-state index is 12.6. The number of aliphatic hydroxyl groups is 2. The van der Waals surface area contributed by atoms with Crippen LogP contribution in [0.1, 0.15) is 30.5 Å². The molecule has 2 aromatic heterocycles. The first-order chi connectivity index (χ1) is 11.5. The molecule has 0 spiro atoms. The molecule has 0 saturated carbocycles. The number of fused-ring (bicyclic) bond motifs is 1. The zero-order chi connectivity index (χ0) is 17.3. The van der Waals surface area contributed by atoms with Gasteiger partial charge in [-0.3, -0.25) is 9.36 Å². The number of nitrogens with zero attached hydrogens (tertiary/aromatic N) is 3. The van der Waals surface area contributed by atoms with Gasteiger partial charge in [-0.2, -0.15) is 0 Å². The highest BCUT2D eigenvalue weighted by Gasteiger charge is 2.25. The first kappa shape index (κ1) is 22.8. The SMILES string of the molecule is Cc1cc(C)c2ncn(CC(O)C[C@H]3NCCC[C@@H]3O)c(=O)c2n1.Cl.Cl. The topological polar surface area (TPSA) is 100 Å². The van der Waals surface area contributed by atoms with Gasteiger partial charge in [0.1, 0.15) is 0 Å². The van der Waals surface area contributed by atoms with Crippen molar-refractivity contribution in [1.29, 1.82) is 0 Å². The Hall–Kier alpha value is -1.25. The van der Waals surface area contributed by atoms with Crippen LogP contribution in [-0.4, -0.2) is 49.5 Å². The molecule has 3 atom stereocenters. The molecule has 9 heteroatoms. The predicted octanol–water partition coefficient (Wildman–Crippen LogP) is 1.12. The molecule has 1 saturated heterocycles. The third-order valence-electron chi connectivity index (χ3n) is 4.58. The number of aromatic nitrogens is 3. The normalized spacial score (nSPS) is 20.9. The Morgan fingerprint density at radius 3 is 2.77 bits per heavy atom. The molecular formula is C17H26Cl2N4O3. The van der Waals surface area contributed by atoms with Gasteiger partial charge in [0.2, 0.25) is 0 Å². The quantitative estimate of drug-likeness (QED) is 0.705. The van der Waals surface area contributed by atoms with Gasteiger partial charge in [-0.05, 0) is 51.3 Å². The van der Waals surface area contributed by atoms with Gasteiger partial charge in [0.15, 0.2) is 5.52 Å². The Labute approximate surface area is 164 Å². The van der Waals surface area contributed by atoms with Crippen LogP contribution in [0.25, 0.3) is 11.0 Å². The fourth-order valence-corrected chi connectivity index (χ4v) is 3.36. The van der Waals surface area contributed by atoms with E-state index in [1.807, 2.05) is 19.9 Å². The minimum absolute atomic E-state index is 0. The average Bonchev–Trinajstić information content (AvgIpc) is 2.53. The van der Waals surface area contributed by atoms with E-state index in [-0.39, 0.29) is 43.0 Å². The van der Waals surface area contributed by atoms with Gasteiger partial charge in [-0.1, -0.05) is 0 Å². The van der Waals surface area contributed by atoms with Crippen LogP contribution in [0.5, 0.6) is 0 Å². The standard InChI is InChI=1S/C17H24N4O3.2ClH/c1-10-6-11(2)20-16-15(10)19-9-21(17(16)24)8-12(22)7-13-14(23)4-3-5-18-13;;/h6,9,12-14,18,22-23H,3-5,7-8H2,1-2H3;2*1H/t12?,13-,14+;;/m1../s1. The van der Waals surface area contributed by atoms with E-state index in [9.17, 15) is 15.0 Å². The van der Waals surface area contributed by atoms with Gasteiger partial charge in [0, 0.05) is 11.7 Å². The zero-order valence-electron chi connectivity index (χ0n) is 14.9. The Balaban J connectivity index is 0.00000169. The van der Waals surface area contributed by atoms with Crippen molar-refractivity contribution in [1.82, 2.24) is 19.9 Å². The van der Waals surface area contributed by atoms with Crippen molar-refractivity contribution in [3.8, 4) is 0 Å². The molecule has 0 aliphatic carbocycles. The molecule has 146 valence electrons. The van der Waals surface area contributed by atoms with Crippen LogP contribution in [0.4, 0.5) is 0 Å². The molecule has 26 heavy (non-hydrogen) atoms. The molecule has 3 rings (SSSR count). The lowest BCUT2D eigenvalue weighted by atomic mass is 9.96. The summed E-state index contributed by atoms with van der Waals surface area (Å²) in [6.45, 7) is 4.72. The number of aryl methyl sites for hydroxylation is 2. The maximum Gasteiger partial charge on any atom is 0.279 e. The molecule has 0 aromatic carbocycles. The molecule has 1 aliphatic heterocycles. The summed E-state index contributed by atoms with van der Waals surface area (Å²) < 4.78 is 1.40. The highest BCUT2D eigenvalue weighted by Crippen LogP contribution is 2.15. The van der Waals surface area contributed by atoms with Crippen LogP contribution in [-0.2, 0) is 6.54 Å². The molecule has 0 bridgehead atoms. The summed E-state index contributed by atoms with van der Waals surface area (Å²) in [5.74, 6) is 0. The number of hydrogen-bond donors (Lipinski definition) is 3. The molecular weight excluding hydrogens is 379 g/mol. The first-order valence-electron chi connectivity index (χ1n) is 8.38. The van der Waals surface area contributed by atoms with Gasteiger partial charge in [0.05, 0.1) is 30.6 Å². The number of aliphatic hydroxyl groups excluding tert-OH is 2. The molecule has 1 unspecified atom stereocenters. The molecule has 1 fully saturated rings. The van der Waals surface area contributed by atoms with Gasteiger partial charge >= 0.3 is 0 Å². The van der Waals surface area contributed by atoms with E-state index in [1.165, 1.54) is 10.9 Å². The van der Waals surface area contributed by atoms with E-state index < -0.39 is 12.2 Å². The summed E-state index contributed by atoms with van der Waals surface area (Å²) in [5.41, 5.74) is 2.37. The second kappa shape index (κ2) is 9.62. The van der Waals surface area contributed by atoms with Crippen LogP contribution < -0.4 is 10.9 Å². The Kier molecular flexibility index (Phi) is 8.43. The maximum atomic E-state index is 12.6. The van der Waals surface area contributed by atoms with Gasteiger partial charge in [0.25, 0.3) is 5.56 Å². The van der Waals surface area contributed by atoms with E-state index in [1.54, 1.807) is 0 Å². The number of piperidine rings is 1. The van der Waals surface area contributed by atoms with Crippen molar-refractivity contribution in [2.45, 2.75) is 57.9 Å². The monoisotopic (exact) mass is 404 g/mol. The van der Waals surface area contributed by atoms with E-state index in [4.69, 9.17) is 0 Å². The summed E-state index contributed by atoms with van der Waals surface area (Å²) in [5, 5.41) is 23.5. The van der Waals surface area contributed by atoms with Crippen molar-refractivity contribution in [3.63, 3.8) is 0 Å². The smallest absolute Gasteiger partial charge is 0.279 e. The van der Waals surface area contributed by atoms with Crippen LogP contribution in [0.2, 0.25) is 0 Å². The second-order valence-corrected chi connectivity index (χ2v) is 6.64. The van der Waals surface area contributed by atoms with Crippen molar-refractivity contribution in [3.05, 3.63) is 34.0 Å². The number of pyridine rings is 1.